The lowest BCUT2D eigenvalue weighted by atomic mass is 10.0. The maximum absolute atomic E-state index is 12.5. The van der Waals surface area contributed by atoms with Crippen LogP contribution in [0.25, 0.3) is 0 Å². The van der Waals surface area contributed by atoms with Crippen LogP contribution in [0.2, 0.25) is 0 Å². The Morgan fingerprint density at radius 3 is 2.56 bits per heavy atom. The molecule has 1 aliphatic heterocycles. The molecule has 5 heteroatoms. The molecule has 0 aromatic heterocycles. The van der Waals surface area contributed by atoms with Gasteiger partial charge in [-0.3, -0.25) is 10.1 Å². The van der Waals surface area contributed by atoms with Gasteiger partial charge in [-0.2, -0.15) is 0 Å². The molecule has 2 aromatic carbocycles. The van der Waals surface area contributed by atoms with Crippen molar-refractivity contribution in [1.82, 2.24) is 5.32 Å². The first-order valence-electron chi connectivity index (χ1n) is 8.60. The molecule has 1 amide bonds. The molecule has 0 saturated heterocycles. The molecular formula is C20H24N2O3. The van der Waals surface area contributed by atoms with Crippen LogP contribution < -0.4 is 20.1 Å². The zero-order valence-corrected chi connectivity index (χ0v) is 14.8. The summed E-state index contributed by atoms with van der Waals surface area (Å²) in [5, 5.41) is 6.33. The van der Waals surface area contributed by atoms with E-state index < -0.39 is 0 Å². The van der Waals surface area contributed by atoms with E-state index in [0.717, 1.165) is 6.42 Å². The normalized spacial score (nSPS) is 14.8. The van der Waals surface area contributed by atoms with Crippen molar-refractivity contribution in [3.05, 3.63) is 53.6 Å². The van der Waals surface area contributed by atoms with Crippen molar-refractivity contribution in [2.24, 2.45) is 0 Å². The Labute approximate surface area is 148 Å². The predicted octanol–water partition coefficient (Wildman–Crippen LogP) is 3.79. The van der Waals surface area contributed by atoms with Gasteiger partial charge in [0, 0.05) is 17.8 Å². The molecule has 2 atom stereocenters. The Morgan fingerprint density at radius 2 is 1.84 bits per heavy atom. The summed E-state index contributed by atoms with van der Waals surface area (Å²) in [7, 11) is 0. The molecule has 132 valence electrons. The molecule has 0 saturated carbocycles. The molecule has 2 aromatic rings. The maximum Gasteiger partial charge on any atom is 0.241 e. The molecule has 1 aliphatic rings. The van der Waals surface area contributed by atoms with E-state index in [9.17, 15) is 4.79 Å². The van der Waals surface area contributed by atoms with E-state index in [2.05, 4.69) is 48.7 Å². The molecule has 1 heterocycles. The molecule has 5 nitrogen and oxygen atoms in total. The average Bonchev–Trinajstić information content (AvgIpc) is 3.08. The fraction of sp³-hybridized carbons (Fsp3) is 0.350. The SMILES string of the molecule is CC[C@@H](N[C@H](C)C(=O)Nc1ccc2c(c1)OCO2)c1ccc(C)cc1. The number of carbonyl (C=O) groups excluding carboxylic acids is 1. The van der Waals surface area contributed by atoms with E-state index in [-0.39, 0.29) is 24.8 Å². The van der Waals surface area contributed by atoms with Gasteiger partial charge in [0.25, 0.3) is 0 Å². The average molecular weight is 340 g/mol. The predicted molar refractivity (Wildman–Crippen MR) is 98.0 cm³/mol. The van der Waals surface area contributed by atoms with Crippen LogP contribution in [0.15, 0.2) is 42.5 Å². The topological polar surface area (TPSA) is 59.6 Å². The third-order valence-electron chi connectivity index (χ3n) is 4.37. The van der Waals surface area contributed by atoms with Crippen LogP contribution in [0, 0.1) is 6.92 Å². The van der Waals surface area contributed by atoms with Crippen molar-refractivity contribution < 1.29 is 14.3 Å². The number of amides is 1. The lowest BCUT2D eigenvalue weighted by molar-refractivity contribution is -0.118. The molecule has 0 fully saturated rings. The highest BCUT2D eigenvalue weighted by Crippen LogP contribution is 2.34. The van der Waals surface area contributed by atoms with Gasteiger partial charge in [0.1, 0.15) is 0 Å². The smallest absolute Gasteiger partial charge is 0.241 e. The zero-order chi connectivity index (χ0) is 17.8. The Kier molecular flexibility index (Phi) is 5.24. The Hall–Kier alpha value is -2.53. The molecule has 0 radical (unpaired) electrons. The van der Waals surface area contributed by atoms with Crippen molar-refractivity contribution >= 4 is 11.6 Å². The van der Waals surface area contributed by atoms with Gasteiger partial charge in [0.2, 0.25) is 12.7 Å². The summed E-state index contributed by atoms with van der Waals surface area (Å²) in [6, 6.07) is 13.6. The fourth-order valence-electron chi connectivity index (χ4n) is 2.85. The highest BCUT2D eigenvalue weighted by molar-refractivity contribution is 5.94. The summed E-state index contributed by atoms with van der Waals surface area (Å²) < 4.78 is 10.6. The monoisotopic (exact) mass is 340 g/mol. The third-order valence-corrected chi connectivity index (χ3v) is 4.37. The molecule has 0 spiro atoms. The minimum atomic E-state index is -0.323. The van der Waals surface area contributed by atoms with Gasteiger partial charge in [-0.05, 0) is 38.0 Å². The minimum Gasteiger partial charge on any atom is -0.454 e. The largest absolute Gasteiger partial charge is 0.454 e. The van der Waals surface area contributed by atoms with Crippen LogP contribution in [0.4, 0.5) is 5.69 Å². The van der Waals surface area contributed by atoms with Crippen molar-refractivity contribution in [3.8, 4) is 11.5 Å². The third kappa shape index (κ3) is 4.12. The number of carbonyl (C=O) groups is 1. The summed E-state index contributed by atoms with van der Waals surface area (Å²) in [6.07, 6.45) is 0.907. The van der Waals surface area contributed by atoms with E-state index >= 15 is 0 Å². The van der Waals surface area contributed by atoms with Gasteiger partial charge in [0.15, 0.2) is 11.5 Å². The molecule has 25 heavy (non-hydrogen) atoms. The number of benzene rings is 2. The standard InChI is InChI=1S/C20H24N2O3/c1-4-17(15-7-5-13(2)6-8-15)21-14(3)20(23)22-16-9-10-18-19(11-16)25-12-24-18/h5-11,14,17,21H,4,12H2,1-3H3,(H,22,23)/t14-,17-/m1/s1. The van der Waals surface area contributed by atoms with Crippen molar-refractivity contribution in [3.63, 3.8) is 0 Å². The van der Waals surface area contributed by atoms with Crippen molar-refractivity contribution in [1.29, 1.82) is 0 Å². The van der Waals surface area contributed by atoms with E-state index in [1.165, 1.54) is 11.1 Å². The maximum atomic E-state index is 12.5. The van der Waals surface area contributed by atoms with Crippen LogP contribution in [-0.2, 0) is 4.79 Å². The Morgan fingerprint density at radius 1 is 1.12 bits per heavy atom. The van der Waals surface area contributed by atoms with Crippen molar-refractivity contribution in [2.75, 3.05) is 12.1 Å². The van der Waals surface area contributed by atoms with E-state index in [1.807, 2.05) is 13.0 Å². The minimum absolute atomic E-state index is 0.0792. The first-order valence-corrected chi connectivity index (χ1v) is 8.60. The van der Waals surface area contributed by atoms with Crippen molar-refractivity contribution in [2.45, 2.75) is 39.3 Å². The second-order valence-corrected chi connectivity index (χ2v) is 6.32. The van der Waals surface area contributed by atoms with Gasteiger partial charge >= 0.3 is 0 Å². The van der Waals surface area contributed by atoms with Crippen LogP contribution in [-0.4, -0.2) is 18.7 Å². The number of hydrogen-bond donors (Lipinski definition) is 2. The quantitative estimate of drug-likeness (QED) is 0.840. The fourth-order valence-corrected chi connectivity index (χ4v) is 2.85. The van der Waals surface area contributed by atoms with Gasteiger partial charge in [-0.1, -0.05) is 36.8 Å². The lowest BCUT2D eigenvalue weighted by Crippen LogP contribution is -2.40. The number of hydrogen-bond acceptors (Lipinski definition) is 4. The number of anilines is 1. The second-order valence-electron chi connectivity index (χ2n) is 6.32. The molecule has 0 bridgehead atoms. The Balaban J connectivity index is 1.62. The van der Waals surface area contributed by atoms with Gasteiger partial charge in [0.05, 0.1) is 6.04 Å². The molecule has 0 aliphatic carbocycles. The zero-order valence-electron chi connectivity index (χ0n) is 14.8. The number of ether oxygens (including phenoxy) is 2. The van der Waals surface area contributed by atoms with Crippen LogP contribution in [0.3, 0.4) is 0 Å². The van der Waals surface area contributed by atoms with E-state index in [1.54, 1.807) is 12.1 Å². The number of aryl methyl sites for hydroxylation is 1. The number of nitrogens with one attached hydrogen (secondary N) is 2. The first kappa shape index (κ1) is 17.3. The van der Waals surface area contributed by atoms with Gasteiger partial charge in [-0.25, -0.2) is 0 Å². The van der Waals surface area contributed by atoms with Crippen LogP contribution >= 0.6 is 0 Å². The highest BCUT2D eigenvalue weighted by atomic mass is 16.7. The first-order chi connectivity index (χ1) is 12.1. The van der Waals surface area contributed by atoms with E-state index in [0.29, 0.717) is 17.2 Å². The molecule has 3 rings (SSSR count). The lowest BCUT2D eigenvalue weighted by Gasteiger charge is -2.22. The van der Waals surface area contributed by atoms with Gasteiger partial charge in [-0.15, -0.1) is 0 Å². The van der Waals surface area contributed by atoms with Crippen LogP contribution in [0.1, 0.15) is 37.4 Å². The Bertz CT molecular complexity index is 743. The van der Waals surface area contributed by atoms with Gasteiger partial charge < -0.3 is 14.8 Å². The molecular weight excluding hydrogens is 316 g/mol. The number of rotatable bonds is 6. The van der Waals surface area contributed by atoms with E-state index in [4.69, 9.17) is 9.47 Å². The number of fused-ring (bicyclic) bond motifs is 1. The summed E-state index contributed by atoms with van der Waals surface area (Å²) in [6.45, 7) is 6.28. The summed E-state index contributed by atoms with van der Waals surface area (Å²) in [5.41, 5.74) is 3.12. The summed E-state index contributed by atoms with van der Waals surface area (Å²) >= 11 is 0. The highest BCUT2D eigenvalue weighted by Gasteiger charge is 2.19. The second kappa shape index (κ2) is 7.57. The molecule has 0 unspecified atom stereocenters. The molecule has 2 N–H and O–H groups in total. The summed E-state index contributed by atoms with van der Waals surface area (Å²) in [4.78, 5) is 12.5. The summed E-state index contributed by atoms with van der Waals surface area (Å²) in [5.74, 6) is 1.28. The van der Waals surface area contributed by atoms with Crippen LogP contribution in [0.5, 0.6) is 11.5 Å².